The van der Waals surface area contributed by atoms with Crippen LogP contribution in [0.3, 0.4) is 0 Å². The molecule has 0 bridgehead atoms. The zero-order chi connectivity index (χ0) is 14.7. The molecule has 108 valence electrons. The highest BCUT2D eigenvalue weighted by molar-refractivity contribution is 5.93. The van der Waals surface area contributed by atoms with Crippen LogP contribution in [0.4, 0.5) is 0 Å². The highest BCUT2D eigenvalue weighted by Gasteiger charge is 2.25. The Morgan fingerprint density at radius 2 is 2.10 bits per heavy atom. The van der Waals surface area contributed by atoms with Gasteiger partial charge in [0.25, 0.3) is 11.5 Å². The Morgan fingerprint density at radius 3 is 2.76 bits per heavy atom. The third kappa shape index (κ3) is 3.34. The van der Waals surface area contributed by atoms with Crippen molar-refractivity contribution >= 4 is 5.91 Å². The Hall–Kier alpha value is -2.50. The van der Waals surface area contributed by atoms with Crippen molar-refractivity contribution in [3.8, 4) is 0 Å². The van der Waals surface area contributed by atoms with Crippen molar-refractivity contribution in [2.24, 2.45) is 0 Å². The Bertz CT molecular complexity index is 692. The summed E-state index contributed by atoms with van der Waals surface area (Å²) in [5.41, 5.74) is 1.38. The second kappa shape index (κ2) is 5.87. The second-order valence-electron chi connectivity index (χ2n) is 5.11. The van der Waals surface area contributed by atoms with Crippen LogP contribution in [0, 0.1) is 0 Å². The number of aromatic nitrogens is 3. The van der Waals surface area contributed by atoms with Crippen LogP contribution in [0.5, 0.6) is 0 Å². The minimum atomic E-state index is -0.173. The van der Waals surface area contributed by atoms with Crippen molar-refractivity contribution < 1.29 is 4.79 Å². The molecule has 3 rings (SSSR count). The molecule has 0 unspecified atom stereocenters. The van der Waals surface area contributed by atoms with Gasteiger partial charge in [0.15, 0.2) is 0 Å². The van der Waals surface area contributed by atoms with Gasteiger partial charge in [-0.05, 0) is 25.0 Å². The summed E-state index contributed by atoms with van der Waals surface area (Å²) in [4.78, 5) is 31.9. The van der Waals surface area contributed by atoms with Gasteiger partial charge in [-0.25, -0.2) is 4.98 Å². The average molecular weight is 284 g/mol. The fraction of sp³-hybridized carbons (Fsp3) is 0.333. The number of amides is 1. The van der Waals surface area contributed by atoms with Gasteiger partial charge >= 0.3 is 0 Å². The van der Waals surface area contributed by atoms with Crippen LogP contribution in [0.1, 0.15) is 34.8 Å². The molecule has 1 N–H and O–H groups in total. The fourth-order valence-corrected chi connectivity index (χ4v) is 2.11. The lowest BCUT2D eigenvalue weighted by Gasteiger charge is -2.07. The Labute approximate surface area is 121 Å². The predicted molar refractivity (Wildman–Crippen MR) is 77.0 cm³/mol. The van der Waals surface area contributed by atoms with Gasteiger partial charge in [-0.15, -0.1) is 0 Å². The zero-order valence-corrected chi connectivity index (χ0v) is 11.5. The maximum Gasteiger partial charge on any atom is 0.253 e. The normalized spacial score (nSPS) is 13.9. The summed E-state index contributed by atoms with van der Waals surface area (Å²) in [6, 6.07) is 4.89. The topological polar surface area (TPSA) is 76.9 Å². The van der Waals surface area contributed by atoms with Crippen LogP contribution in [-0.2, 0) is 6.54 Å². The van der Waals surface area contributed by atoms with E-state index < -0.39 is 0 Å². The van der Waals surface area contributed by atoms with Gasteiger partial charge < -0.3 is 5.32 Å². The molecular formula is C15H16N4O2. The highest BCUT2D eigenvalue weighted by Crippen LogP contribution is 2.38. The fourth-order valence-electron chi connectivity index (χ4n) is 2.11. The Kier molecular flexibility index (Phi) is 3.77. The van der Waals surface area contributed by atoms with Crippen molar-refractivity contribution in [3.63, 3.8) is 0 Å². The predicted octanol–water partition coefficient (Wildman–Crippen LogP) is 0.946. The first-order valence-electron chi connectivity index (χ1n) is 6.98. The second-order valence-corrected chi connectivity index (χ2v) is 5.11. The molecule has 1 saturated carbocycles. The Morgan fingerprint density at radius 1 is 1.33 bits per heavy atom. The third-order valence-electron chi connectivity index (χ3n) is 3.48. The lowest BCUT2D eigenvalue weighted by Crippen LogP contribution is -2.31. The SMILES string of the molecule is O=C(NCCn1cnc(C2CC2)cc1=O)c1ccncc1. The largest absolute Gasteiger partial charge is 0.350 e. The van der Waals surface area contributed by atoms with E-state index >= 15 is 0 Å². The average Bonchev–Trinajstić information content (AvgIpc) is 3.34. The van der Waals surface area contributed by atoms with E-state index in [0.717, 1.165) is 18.5 Å². The molecule has 1 fully saturated rings. The van der Waals surface area contributed by atoms with Crippen LogP contribution < -0.4 is 10.9 Å². The molecule has 0 aliphatic heterocycles. The molecule has 0 saturated heterocycles. The molecular weight excluding hydrogens is 268 g/mol. The van der Waals surface area contributed by atoms with Gasteiger partial charge in [-0.3, -0.25) is 19.1 Å². The van der Waals surface area contributed by atoms with Crippen molar-refractivity contribution in [1.29, 1.82) is 0 Å². The van der Waals surface area contributed by atoms with E-state index in [2.05, 4.69) is 15.3 Å². The smallest absolute Gasteiger partial charge is 0.253 e. The molecule has 1 amide bonds. The molecule has 1 aliphatic rings. The maximum absolute atomic E-state index is 11.9. The molecule has 0 spiro atoms. The number of carbonyl (C=O) groups excluding carboxylic acids is 1. The Balaban J connectivity index is 1.56. The number of nitrogens with zero attached hydrogens (tertiary/aromatic N) is 3. The van der Waals surface area contributed by atoms with Crippen LogP contribution >= 0.6 is 0 Å². The van der Waals surface area contributed by atoms with Gasteiger partial charge in [0, 0.05) is 43.0 Å². The summed E-state index contributed by atoms with van der Waals surface area (Å²) >= 11 is 0. The van der Waals surface area contributed by atoms with Crippen LogP contribution in [0.2, 0.25) is 0 Å². The molecule has 6 nitrogen and oxygen atoms in total. The summed E-state index contributed by atoms with van der Waals surface area (Å²) in [6.45, 7) is 0.791. The van der Waals surface area contributed by atoms with Crippen molar-refractivity contribution in [1.82, 2.24) is 19.9 Å². The summed E-state index contributed by atoms with van der Waals surface area (Å²) < 4.78 is 1.51. The number of nitrogens with one attached hydrogen (secondary N) is 1. The standard InChI is InChI=1S/C15H16N4O2/c20-14-9-13(11-1-2-11)18-10-19(14)8-7-17-15(21)12-3-5-16-6-4-12/h3-6,9-11H,1-2,7-8H2,(H,17,21). The molecule has 6 heteroatoms. The maximum atomic E-state index is 11.9. The van der Waals surface area contributed by atoms with Crippen LogP contribution in [0.15, 0.2) is 41.7 Å². The van der Waals surface area contributed by atoms with Gasteiger partial charge in [0.05, 0.1) is 12.0 Å². The molecule has 2 aromatic rings. The quantitative estimate of drug-likeness (QED) is 0.886. The van der Waals surface area contributed by atoms with E-state index in [0.29, 0.717) is 24.6 Å². The van der Waals surface area contributed by atoms with Gasteiger partial charge in [-0.2, -0.15) is 0 Å². The number of carbonyl (C=O) groups is 1. The molecule has 0 atom stereocenters. The number of hydrogen-bond acceptors (Lipinski definition) is 4. The molecule has 0 radical (unpaired) electrons. The first-order chi connectivity index (χ1) is 10.2. The number of pyridine rings is 1. The first-order valence-corrected chi connectivity index (χ1v) is 6.98. The zero-order valence-electron chi connectivity index (χ0n) is 11.5. The van der Waals surface area contributed by atoms with E-state index in [4.69, 9.17) is 0 Å². The van der Waals surface area contributed by atoms with Gasteiger partial charge in [-0.1, -0.05) is 0 Å². The lowest BCUT2D eigenvalue weighted by molar-refractivity contribution is 0.0952. The summed E-state index contributed by atoms with van der Waals surface area (Å²) in [6.07, 6.45) is 6.95. The molecule has 2 heterocycles. The molecule has 2 aromatic heterocycles. The minimum absolute atomic E-state index is 0.0648. The van der Waals surface area contributed by atoms with Crippen LogP contribution in [-0.4, -0.2) is 27.0 Å². The van der Waals surface area contributed by atoms with E-state index in [9.17, 15) is 9.59 Å². The van der Waals surface area contributed by atoms with E-state index in [-0.39, 0.29) is 11.5 Å². The lowest BCUT2D eigenvalue weighted by atomic mass is 10.2. The number of rotatable bonds is 5. The monoisotopic (exact) mass is 284 g/mol. The van der Waals surface area contributed by atoms with Gasteiger partial charge in [0.2, 0.25) is 0 Å². The number of hydrogen-bond donors (Lipinski definition) is 1. The summed E-state index contributed by atoms with van der Waals surface area (Å²) in [7, 11) is 0. The first kappa shape index (κ1) is 13.5. The molecule has 0 aromatic carbocycles. The summed E-state index contributed by atoms with van der Waals surface area (Å²) in [5, 5.41) is 2.77. The van der Waals surface area contributed by atoms with Crippen molar-refractivity contribution in [3.05, 3.63) is 58.5 Å². The van der Waals surface area contributed by atoms with Crippen molar-refractivity contribution in [2.45, 2.75) is 25.3 Å². The van der Waals surface area contributed by atoms with E-state index in [1.807, 2.05) is 0 Å². The molecule has 1 aliphatic carbocycles. The van der Waals surface area contributed by atoms with E-state index in [1.165, 1.54) is 4.57 Å². The van der Waals surface area contributed by atoms with Crippen molar-refractivity contribution in [2.75, 3.05) is 6.54 Å². The summed E-state index contributed by atoms with van der Waals surface area (Å²) in [5.74, 6) is 0.298. The highest BCUT2D eigenvalue weighted by atomic mass is 16.1. The van der Waals surface area contributed by atoms with E-state index in [1.54, 1.807) is 36.9 Å². The van der Waals surface area contributed by atoms with Gasteiger partial charge in [0.1, 0.15) is 0 Å². The minimum Gasteiger partial charge on any atom is -0.350 e. The van der Waals surface area contributed by atoms with Crippen LogP contribution in [0.25, 0.3) is 0 Å². The molecule has 21 heavy (non-hydrogen) atoms. The third-order valence-corrected chi connectivity index (χ3v) is 3.48.